The maximum Gasteiger partial charge on any atom is 0.243 e. The molecule has 0 fully saturated rings. The first-order valence-electron chi connectivity index (χ1n) is 9.99. The predicted octanol–water partition coefficient (Wildman–Crippen LogP) is 4.46. The molecule has 0 unspecified atom stereocenters. The van der Waals surface area contributed by atoms with E-state index in [2.05, 4.69) is 15.6 Å². The number of carbonyl (C=O) groups is 2. The first kappa shape index (κ1) is 21.0. The van der Waals surface area contributed by atoms with Gasteiger partial charge in [0, 0.05) is 6.07 Å². The first-order chi connectivity index (χ1) is 15.6. The molecule has 0 aliphatic carbocycles. The van der Waals surface area contributed by atoms with E-state index in [9.17, 15) is 14.0 Å². The van der Waals surface area contributed by atoms with Crippen molar-refractivity contribution in [2.24, 2.45) is 0 Å². The average molecular weight is 429 g/mol. The fourth-order valence-corrected chi connectivity index (χ4v) is 3.20. The van der Waals surface area contributed by atoms with Gasteiger partial charge in [0.25, 0.3) is 0 Å². The topological polar surface area (TPSA) is 80.3 Å². The highest BCUT2D eigenvalue weighted by Crippen LogP contribution is 2.21. The van der Waals surface area contributed by atoms with Crippen molar-refractivity contribution in [1.82, 2.24) is 10.3 Å². The molecule has 2 N–H and O–H groups in total. The third-order valence-corrected chi connectivity index (χ3v) is 4.73. The summed E-state index contributed by atoms with van der Waals surface area (Å²) in [7, 11) is 0. The molecule has 3 aromatic carbocycles. The number of carbonyl (C=O) groups excluding carboxylic acids is 2. The van der Waals surface area contributed by atoms with Crippen molar-refractivity contribution in [3.63, 3.8) is 0 Å². The Morgan fingerprint density at radius 1 is 0.875 bits per heavy atom. The number of pyridine rings is 1. The van der Waals surface area contributed by atoms with Gasteiger partial charge in [-0.2, -0.15) is 0 Å². The molecule has 4 rings (SSSR count). The zero-order valence-electron chi connectivity index (χ0n) is 17.0. The molecule has 0 aliphatic rings. The molecule has 1 heterocycles. The molecule has 7 heteroatoms. The van der Waals surface area contributed by atoms with E-state index in [0.29, 0.717) is 17.3 Å². The molecule has 0 spiro atoms. The van der Waals surface area contributed by atoms with Gasteiger partial charge < -0.3 is 15.4 Å². The van der Waals surface area contributed by atoms with Gasteiger partial charge in [-0.25, -0.2) is 9.37 Å². The lowest BCUT2D eigenvalue weighted by atomic mass is 10.0. The SMILES string of the molecule is O=C(Cc1cccc2ccccc12)NCC(=O)Nc1ccc(Oc2ccc(F)cc2)nc1. The Labute approximate surface area is 184 Å². The van der Waals surface area contributed by atoms with Gasteiger partial charge in [0.2, 0.25) is 17.7 Å². The number of amides is 2. The highest BCUT2D eigenvalue weighted by atomic mass is 19.1. The van der Waals surface area contributed by atoms with Gasteiger partial charge in [0.1, 0.15) is 11.6 Å². The largest absolute Gasteiger partial charge is 0.439 e. The van der Waals surface area contributed by atoms with Crippen LogP contribution in [0.1, 0.15) is 5.56 Å². The summed E-state index contributed by atoms with van der Waals surface area (Å²) in [5.74, 6) is -0.210. The minimum absolute atomic E-state index is 0.155. The van der Waals surface area contributed by atoms with E-state index < -0.39 is 0 Å². The Hall–Kier alpha value is -4.26. The summed E-state index contributed by atoms with van der Waals surface area (Å²) in [6, 6.07) is 22.4. The second kappa shape index (κ2) is 9.70. The van der Waals surface area contributed by atoms with Crippen molar-refractivity contribution in [1.29, 1.82) is 0 Å². The summed E-state index contributed by atoms with van der Waals surface area (Å²) in [6.07, 6.45) is 1.63. The molecule has 2 amide bonds. The number of anilines is 1. The zero-order valence-corrected chi connectivity index (χ0v) is 17.0. The van der Waals surface area contributed by atoms with Crippen LogP contribution in [-0.2, 0) is 16.0 Å². The van der Waals surface area contributed by atoms with Crippen molar-refractivity contribution < 1.29 is 18.7 Å². The van der Waals surface area contributed by atoms with E-state index in [1.54, 1.807) is 12.1 Å². The molecule has 32 heavy (non-hydrogen) atoms. The maximum atomic E-state index is 12.9. The summed E-state index contributed by atoms with van der Waals surface area (Å²) in [6.45, 7) is -0.155. The third-order valence-electron chi connectivity index (χ3n) is 4.73. The Morgan fingerprint density at radius 3 is 2.44 bits per heavy atom. The smallest absolute Gasteiger partial charge is 0.243 e. The molecule has 0 atom stereocenters. The van der Waals surface area contributed by atoms with Gasteiger partial charge in [-0.1, -0.05) is 42.5 Å². The Morgan fingerprint density at radius 2 is 1.66 bits per heavy atom. The minimum atomic E-state index is -0.370. The normalized spacial score (nSPS) is 10.5. The Kier molecular flexibility index (Phi) is 6.36. The number of rotatable bonds is 7. The van der Waals surface area contributed by atoms with Crippen LogP contribution in [0.25, 0.3) is 10.8 Å². The van der Waals surface area contributed by atoms with Crippen molar-refractivity contribution in [2.45, 2.75) is 6.42 Å². The van der Waals surface area contributed by atoms with Gasteiger partial charge in [0.05, 0.1) is 24.8 Å². The molecule has 0 aliphatic heterocycles. The first-order valence-corrected chi connectivity index (χ1v) is 9.99. The molecular weight excluding hydrogens is 409 g/mol. The van der Waals surface area contributed by atoms with E-state index in [4.69, 9.17) is 4.74 Å². The Bertz CT molecular complexity index is 1240. The predicted molar refractivity (Wildman–Crippen MR) is 120 cm³/mol. The van der Waals surface area contributed by atoms with E-state index in [1.807, 2.05) is 42.5 Å². The number of nitrogens with zero attached hydrogens (tertiary/aromatic N) is 1. The lowest BCUT2D eigenvalue weighted by Crippen LogP contribution is -2.33. The number of fused-ring (bicyclic) bond motifs is 1. The molecule has 6 nitrogen and oxygen atoms in total. The fourth-order valence-electron chi connectivity index (χ4n) is 3.20. The average Bonchev–Trinajstić information content (AvgIpc) is 2.81. The van der Waals surface area contributed by atoms with E-state index in [0.717, 1.165) is 16.3 Å². The van der Waals surface area contributed by atoms with Crippen molar-refractivity contribution in [2.75, 3.05) is 11.9 Å². The third kappa shape index (κ3) is 5.46. The van der Waals surface area contributed by atoms with Gasteiger partial charge >= 0.3 is 0 Å². The van der Waals surface area contributed by atoms with Crippen molar-refractivity contribution in [3.05, 3.63) is 96.4 Å². The summed E-state index contributed by atoms with van der Waals surface area (Å²) in [4.78, 5) is 28.6. The fraction of sp³-hybridized carbons (Fsp3) is 0.0800. The maximum absolute atomic E-state index is 12.9. The molecule has 4 aromatic rings. The van der Waals surface area contributed by atoms with Crippen LogP contribution in [0, 0.1) is 5.82 Å². The van der Waals surface area contributed by atoms with E-state index >= 15 is 0 Å². The molecule has 0 radical (unpaired) electrons. The van der Waals surface area contributed by atoms with Gasteiger partial charge in [-0.15, -0.1) is 0 Å². The highest BCUT2D eigenvalue weighted by molar-refractivity contribution is 5.95. The van der Waals surface area contributed by atoms with Crippen LogP contribution in [0.15, 0.2) is 85.1 Å². The monoisotopic (exact) mass is 429 g/mol. The molecule has 160 valence electrons. The van der Waals surface area contributed by atoms with Crippen molar-refractivity contribution in [3.8, 4) is 11.6 Å². The van der Waals surface area contributed by atoms with E-state index in [-0.39, 0.29) is 30.6 Å². The van der Waals surface area contributed by atoms with Gasteiger partial charge in [-0.3, -0.25) is 9.59 Å². The van der Waals surface area contributed by atoms with Crippen LogP contribution < -0.4 is 15.4 Å². The minimum Gasteiger partial charge on any atom is -0.439 e. The van der Waals surface area contributed by atoms with Crippen LogP contribution in [-0.4, -0.2) is 23.3 Å². The molecule has 1 aromatic heterocycles. The number of ether oxygens (including phenoxy) is 1. The number of benzene rings is 3. The van der Waals surface area contributed by atoms with Crippen LogP contribution >= 0.6 is 0 Å². The number of aromatic nitrogens is 1. The summed E-state index contributed by atoms with van der Waals surface area (Å²) in [5, 5.41) is 7.39. The number of nitrogens with one attached hydrogen (secondary N) is 2. The summed E-state index contributed by atoms with van der Waals surface area (Å²) >= 11 is 0. The van der Waals surface area contributed by atoms with Crippen LogP contribution in [0.2, 0.25) is 0 Å². The summed E-state index contributed by atoms with van der Waals surface area (Å²) < 4.78 is 18.5. The number of hydrogen-bond acceptors (Lipinski definition) is 4. The quantitative estimate of drug-likeness (QED) is 0.454. The lowest BCUT2D eigenvalue weighted by Gasteiger charge is -2.09. The molecular formula is C25H20FN3O3. The summed E-state index contributed by atoms with van der Waals surface area (Å²) in [5.41, 5.74) is 1.37. The van der Waals surface area contributed by atoms with Crippen LogP contribution in [0.3, 0.4) is 0 Å². The van der Waals surface area contributed by atoms with Crippen LogP contribution in [0.5, 0.6) is 11.6 Å². The Balaban J connectivity index is 1.27. The van der Waals surface area contributed by atoms with E-state index in [1.165, 1.54) is 30.5 Å². The highest BCUT2D eigenvalue weighted by Gasteiger charge is 2.09. The number of hydrogen-bond donors (Lipinski definition) is 2. The molecule has 0 saturated carbocycles. The zero-order chi connectivity index (χ0) is 22.3. The molecule has 0 saturated heterocycles. The van der Waals surface area contributed by atoms with Crippen LogP contribution in [0.4, 0.5) is 10.1 Å². The standard InChI is InChI=1S/C25H20FN3O3/c26-19-8-11-21(12-9-19)32-25-13-10-20(15-28-25)29-24(31)16-27-23(30)14-18-6-3-5-17-4-1-2-7-22(17)18/h1-13,15H,14,16H2,(H,27,30)(H,29,31). The second-order valence-corrected chi connectivity index (χ2v) is 7.08. The molecule has 0 bridgehead atoms. The van der Waals surface area contributed by atoms with Crippen molar-refractivity contribution >= 4 is 28.3 Å². The lowest BCUT2D eigenvalue weighted by molar-refractivity contribution is -0.123. The second-order valence-electron chi connectivity index (χ2n) is 7.08. The van der Waals surface area contributed by atoms with Gasteiger partial charge in [-0.05, 0) is 46.7 Å². The van der Waals surface area contributed by atoms with Gasteiger partial charge in [0.15, 0.2) is 0 Å². The number of halogens is 1.